The Kier molecular flexibility index (Phi) is 7.08. The SMILES string of the molecule is CC1(C)c2ccccc2-c2c1ccc1c2Oc2cc(-c3ccccc3-c3nc(-c4ccccc4)nc(-c4ccccc4-c4ccccc4)n3)ccc2O1. The summed E-state index contributed by atoms with van der Waals surface area (Å²) in [5.74, 6) is 4.63. The van der Waals surface area contributed by atoms with E-state index in [9.17, 15) is 0 Å². The van der Waals surface area contributed by atoms with Gasteiger partial charge in [-0.1, -0.05) is 159 Å². The highest BCUT2D eigenvalue weighted by Gasteiger charge is 2.39. The Balaban J connectivity index is 1.10. The average Bonchev–Trinajstić information content (AvgIpc) is 3.46. The van der Waals surface area contributed by atoms with Crippen molar-refractivity contribution in [2.24, 2.45) is 0 Å². The third-order valence-electron chi connectivity index (χ3n) is 10.4. The molecule has 0 unspecified atom stereocenters. The first-order valence-electron chi connectivity index (χ1n) is 17.9. The average molecular weight is 684 g/mol. The van der Waals surface area contributed by atoms with Crippen LogP contribution in [0.1, 0.15) is 25.0 Å². The summed E-state index contributed by atoms with van der Waals surface area (Å²) in [6.07, 6.45) is 0. The topological polar surface area (TPSA) is 57.1 Å². The summed E-state index contributed by atoms with van der Waals surface area (Å²) in [5, 5.41) is 0. The molecule has 0 atom stereocenters. The van der Waals surface area contributed by atoms with E-state index in [1.807, 2.05) is 66.7 Å². The zero-order chi connectivity index (χ0) is 35.5. The molecule has 0 saturated heterocycles. The van der Waals surface area contributed by atoms with Crippen molar-refractivity contribution in [1.29, 1.82) is 0 Å². The van der Waals surface area contributed by atoms with E-state index in [-0.39, 0.29) is 5.41 Å². The van der Waals surface area contributed by atoms with Gasteiger partial charge in [0.25, 0.3) is 0 Å². The van der Waals surface area contributed by atoms with Gasteiger partial charge >= 0.3 is 0 Å². The van der Waals surface area contributed by atoms with Crippen molar-refractivity contribution in [1.82, 2.24) is 15.0 Å². The number of fused-ring (bicyclic) bond motifs is 6. The Hall–Kier alpha value is -6.85. The van der Waals surface area contributed by atoms with Gasteiger partial charge in [-0.2, -0.15) is 0 Å². The van der Waals surface area contributed by atoms with E-state index < -0.39 is 0 Å². The second-order valence-electron chi connectivity index (χ2n) is 14.0. The molecule has 5 nitrogen and oxygen atoms in total. The van der Waals surface area contributed by atoms with Gasteiger partial charge in [0.05, 0.1) is 0 Å². The highest BCUT2D eigenvalue weighted by molar-refractivity contribution is 5.89. The molecule has 1 aliphatic carbocycles. The molecular weight excluding hydrogens is 651 g/mol. The molecule has 10 rings (SSSR count). The number of rotatable bonds is 5. The summed E-state index contributed by atoms with van der Waals surface area (Å²) in [6, 6.07) is 55.9. The van der Waals surface area contributed by atoms with E-state index in [2.05, 4.69) is 111 Å². The number of benzene rings is 7. The van der Waals surface area contributed by atoms with Crippen molar-refractivity contribution in [2.45, 2.75) is 19.3 Å². The summed E-state index contributed by atoms with van der Waals surface area (Å²) in [4.78, 5) is 15.3. The minimum absolute atomic E-state index is 0.144. The van der Waals surface area contributed by atoms with E-state index in [0.717, 1.165) is 56.0 Å². The van der Waals surface area contributed by atoms with Crippen LogP contribution in [0.3, 0.4) is 0 Å². The number of hydrogen-bond donors (Lipinski definition) is 0. The summed E-state index contributed by atoms with van der Waals surface area (Å²) in [6.45, 7) is 4.54. The van der Waals surface area contributed by atoms with Gasteiger partial charge in [-0.3, -0.25) is 0 Å². The Morgan fingerprint density at radius 1 is 0.377 bits per heavy atom. The van der Waals surface area contributed by atoms with Crippen LogP contribution in [0.25, 0.3) is 67.5 Å². The predicted molar refractivity (Wildman–Crippen MR) is 211 cm³/mol. The van der Waals surface area contributed by atoms with Gasteiger partial charge in [-0.05, 0) is 57.1 Å². The van der Waals surface area contributed by atoms with Crippen LogP contribution in [0.15, 0.2) is 164 Å². The fraction of sp³-hybridized carbons (Fsp3) is 0.0625. The Morgan fingerprint density at radius 2 is 0.906 bits per heavy atom. The molecule has 0 bridgehead atoms. The van der Waals surface area contributed by atoms with Crippen LogP contribution in [-0.2, 0) is 5.41 Å². The standard InChI is InChI=1S/C48H33N3O2/c1-48(2)38-24-14-13-23-37(38)43-39(48)26-28-41-44(43)53-42-29-32(25-27-40(42)52-41)34-20-10-12-22-36(34)47-50-45(31-17-7-4-8-18-31)49-46(51-47)35-21-11-9-19-33(35)30-15-5-3-6-16-30/h3-29H,1-2H3. The van der Waals surface area contributed by atoms with E-state index in [4.69, 9.17) is 24.4 Å². The number of hydrogen-bond acceptors (Lipinski definition) is 5. The zero-order valence-electron chi connectivity index (χ0n) is 29.2. The van der Waals surface area contributed by atoms with Crippen molar-refractivity contribution in [2.75, 3.05) is 0 Å². The van der Waals surface area contributed by atoms with Gasteiger partial charge in [0.15, 0.2) is 40.5 Å². The number of aromatic nitrogens is 3. The fourth-order valence-electron chi connectivity index (χ4n) is 7.80. The lowest BCUT2D eigenvalue weighted by atomic mass is 9.82. The fourth-order valence-corrected chi connectivity index (χ4v) is 7.80. The Bertz CT molecular complexity index is 2700. The van der Waals surface area contributed by atoms with Crippen LogP contribution >= 0.6 is 0 Å². The van der Waals surface area contributed by atoms with Crippen LogP contribution in [0.5, 0.6) is 23.0 Å². The number of ether oxygens (including phenoxy) is 2. The molecule has 1 aromatic heterocycles. The zero-order valence-corrected chi connectivity index (χ0v) is 29.2. The van der Waals surface area contributed by atoms with E-state index >= 15 is 0 Å². The van der Waals surface area contributed by atoms with Crippen LogP contribution in [-0.4, -0.2) is 15.0 Å². The minimum Gasteiger partial charge on any atom is -0.449 e. The largest absolute Gasteiger partial charge is 0.449 e. The molecule has 53 heavy (non-hydrogen) atoms. The molecule has 8 aromatic rings. The highest BCUT2D eigenvalue weighted by Crippen LogP contribution is 2.58. The maximum absolute atomic E-state index is 6.82. The molecule has 0 saturated carbocycles. The summed E-state index contributed by atoms with van der Waals surface area (Å²) in [7, 11) is 0. The molecule has 0 fully saturated rings. The molecule has 0 amide bonds. The smallest absolute Gasteiger partial charge is 0.178 e. The molecule has 0 N–H and O–H groups in total. The lowest BCUT2D eigenvalue weighted by Gasteiger charge is -2.25. The predicted octanol–water partition coefficient (Wildman–Crippen LogP) is 12.4. The van der Waals surface area contributed by atoms with Gasteiger partial charge < -0.3 is 9.47 Å². The second kappa shape index (κ2) is 12.1. The molecule has 1 aliphatic heterocycles. The highest BCUT2D eigenvalue weighted by atomic mass is 16.6. The molecule has 5 heteroatoms. The summed E-state index contributed by atoms with van der Waals surface area (Å²) in [5.41, 5.74) is 11.5. The minimum atomic E-state index is -0.144. The van der Waals surface area contributed by atoms with Gasteiger partial charge in [0.1, 0.15) is 0 Å². The molecule has 0 radical (unpaired) electrons. The lowest BCUT2D eigenvalue weighted by Crippen LogP contribution is -2.15. The van der Waals surface area contributed by atoms with Crippen molar-refractivity contribution in [3.63, 3.8) is 0 Å². The molecule has 252 valence electrons. The van der Waals surface area contributed by atoms with Gasteiger partial charge in [0.2, 0.25) is 0 Å². The summed E-state index contributed by atoms with van der Waals surface area (Å²) >= 11 is 0. The van der Waals surface area contributed by atoms with Crippen LogP contribution in [0.2, 0.25) is 0 Å². The van der Waals surface area contributed by atoms with E-state index in [0.29, 0.717) is 29.0 Å². The lowest BCUT2D eigenvalue weighted by molar-refractivity contribution is 0.360. The molecule has 7 aromatic carbocycles. The Morgan fingerprint density at radius 3 is 1.58 bits per heavy atom. The van der Waals surface area contributed by atoms with E-state index in [1.165, 1.54) is 16.7 Å². The molecule has 2 heterocycles. The van der Waals surface area contributed by atoms with Crippen LogP contribution in [0.4, 0.5) is 0 Å². The quantitative estimate of drug-likeness (QED) is 0.181. The number of nitrogens with zero attached hydrogens (tertiary/aromatic N) is 3. The van der Waals surface area contributed by atoms with Crippen molar-refractivity contribution in [3.05, 3.63) is 175 Å². The van der Waals surface area contributed by atoms with Crippen molar-refractivity contribution >= 4 is 0 Å². The van der Waals surface area contributed by atoms with E-state index in [1.54, 1.807) is 0 Å². The first-order chi connectivity index (χ1) is 26.0. The maximum Gasteiger partial charge on any atom is 0.178 e. The monoisotopic (exact) mass is 683 g/mol. The van der Waals surface area contributed by atoms with Crippen molar-refractivity contribution < 1.29 is 9.47 Å². The first-order valence-corrected chi connectivity index (χ1v) is 17.9. The third kappa shape index (κ3) is 5.12. The van der Waals surface area contributed by atoms with Crippen LogP contribution < -0.4 is 9.47 Å². The second-order valence-corrected chi connectivity index (χ2v) is 14.0. The summed E-state index contributed by atoms with van der Waals surface area (Å²) < 4.78 is 13.3. The first kappa shape index (κ1) is 30.9. The Labute approximate surface area is 308 Å². The molecule has 0 spiro atoms. The van der Waals surface area contributed by atoms with Gasteiger partial charge in [-0.25, -0.2) is 15.0 Å². The molecule has 2 aliphatic rings. The van der Waals surface area contributed by atoms with Crippen LogP contribution in [0, 0.1) is 0 Å². The van der Waals surface area contributed by atoms with Crippen molar-refractivity contribution in [3.8, 4) is 90.5 Å². The maximum atomic E-state index is 6.82. The normalized spacial score (nSPS) is 13.2. The van der Waals surface area contributed by atoms with Gasteiger partial charge in [-0.15, -0.1) is 0 Å². The molecular formula is C48H33N3O2. The van der Waals surface area contributed by atoms with Gasteiger partial charge in [0, 0.05) is 27.7 Å². The third-order valence-corrected chi connectivity index (χ3v) is 10.4.